The molecule has 0 saturated heterocycles. The van der Waals surface area contributed by atoms with Crippen molar-refractivity contribution in [3.63, 3.8) is 0 Å². The van der Waals surface area contributed by atoms with E-state index < -0.39 is 5.97 Å². The van der Waals surface area contributed by atoms with Gasteiger partial charge in [-0.05, 0) is 51.8 Å². The zero-order valence-corrected chi connectivity index (χ0v) is 14.8. The third-order valence-corrected chi connectivity index (χ3v) is 4.97. The smallest absolute Gasteiger partial charge is 0.345 e. The lowest BCUT2D eigenvalue weighted by atomic mass is 10.1. The molecule has 7 heteroatoms. The molecule has 2 aromatic heterocycles. The van der Waals surface area contributed by atoms with Gasteiger partial charge in [0, 0.05) is 16.5 Å². The first-order valence-electron chi connectivity index (χ1n) is 7.96. The molecule has 0 bridgehead atoms. The minimum atomic E-state index is -0.949. The van der Waals surface area contributed by atoms with Crippen molar-refractivity contribution in [2.24, 2.45) is 0 Å². The Kier molecular flexibility index (Phi) is 4.21. The van der Waals surface area contributed by atoms with Crippen LogP contribution >= 0.6 is 11.3 Å². The van der Waals surface area contributed by atoms with E-state index >= 15 is 0 Å². The van der Waals surface area contributed by atoms with Crippen LogP contribution < -0.4 is 5.32 Å². The van der Waals surface area contributed by atoms with Crippen molar-refractivity contribution in [3.05, 3.63) is 39.3 Å². The minimum Gasteiger partial charge on any atom is -0.477 e. The van der Waals surface area contributed by atoms with Gasteiger partial charge < -0.3 is 10.4 Å². The average molecular weight is 347 g/mol. The van der Waals surface area contributed by atoms with Crippen LogP contribution in [0.25, 0.3) is 0 Å². The monoisotopic (exact) mass is 347 g/mol. The first-order chi connectivity index (χ1) is 11.3. The third-order valence-electron chi connectivity index (χ3n) is 3.90. The number of hydrogen-bond acceptors (Lipinski definition) is 4. The van der Waals surface area contributed by atoms with Crippen LogP contribution in [-0.2, 0) is 12.1 Å². The van der Waals surface area contributed by atoms with Gasteiger partial charge in [0.1, 0.15) is 10.6 Å². The van der Waals surface area contributed by atoms with Crippen molar-refractivity contribution in [2.45, 2.75) is 51.6 Å². The molecule has 0 spiro atoms. The lowest BCUT2D eigenvalue weighted by Crippen LogP contribution is -2.27. The molecule has 1 aliphatic rings. The third kappa shape index (κ3) is 3.51. The van der Waals surface area contributed by atoms with Crippen molar-refractivity contribution in [3.8, 4) is 0 Å². The minimum absolute atomic E-state index is 0.166. The maximum absolute atomic E-state index is 12.4. The lowest BCUT2D eigenvalue weighted by molar-refractivity contribution is 0.0702. The summed E-state index contributed by atoms with van der Waals surface area (Å²) in [7, 11) is 0. The number of thiophene rings is 1. The van der Waals surface area contributed by atoms with Gasteiger partial charge in [-0.3, -0.25) is 9.48 Å². The second-order valence-electron chi connectivity index (χ2n) is 7.07. The first kappa shape index (κ1) is 16.7. The standard InChI is InChI=1S/C17H21N3O3S/c1-17(2,3)20-13(10-4-5-10)8-12(19-20)15(21)18-9-11-6-7-14(24-11)16(22)23/h6-8,10H,4-5,9H2,1-3H3,(H,18,21)(H,22,23). The van der Waals surface area contributed by atoms with Crippen LogP contribution in [0.15, 0.2) is 18.2 Å². The Morgan fingerprint density at radius 2 is 2.08 bits per heavy atom. The van der Waals surface area contributed by atoms with Gasteiger partial charge in [-0.1, -0.05) is 0 Å². The van der Waals surface area contributed by atoms with E-state index in [9.17, 15) is 9.59 Å². The molecule has 6 nitrogen and oxygen atoms in total. The Bertz CT molecular complexity index is 781. The fourth-order valence-electron chi connectivity index (χ4n) is 2.56. The highest BCUT2D eigenvalue weighted by molar-refractivity contribution is 7.13. The number of aromatic nitrogens is 2. The van der Waals surface area contributed by atoms with E-state index in [2.05, 4.69) is 31.2 Å². The Morgan fingerprint density at radius 1 is 1.38 bits per heavy atom. The highest BCUT2D eigenvalue weighted by Crippen LogP contribution is 2.41. The second-order valence-corrected chi connectivity index (χ2v) is 8.23. The molecule has 0 aliphatic heterocycles. The van der Waals surface area contributed by atoms with Gasteiger partial charge >= 0.3 is 5.97 Å². The molecule has 3 rings (SSSR count). The summed E-state index contributed by atoms with van der Waals surface area (Å²) in [4.78, 5) is 24.4. The number of carboxylic acid groups (broad SMARTS) is 1. The number of hydrogen-bond donors (Lipinski definition) is 2. The molecule has 0 radical (unpaired) electrons. The number of carboxylic acids is 1. The van der Waals surface area contributed by atoms with Crippen molar-refractivity contribution in [2.75, 3.05) is 0 Å². The van der Waals surface area contributed by atoms with Gasteiger partial charge in [-0.2, -0.15) is 5.10 Å². The molecule has 2 aromatic rings. The molecule has 0 aromatic carbocycles. The lowest BCUT2D eigenvalue weighted by Gasteiger charge is -2.22. The molecule has 24 heavy (non-hydrogen) atoms. The maximum Gasteiger partial charge on any atom is 0.345 e. The van der Waals surface area contributed by atoms with Crippen LogP contribution in [0.2, 0.25) is 0 Å². The van der Waals surface area contributed by atoms with Crippen molar-refractivity contribution in [1.82, 2.24) is 15.1 Å². The average Bonchev–Trinajstić information content (AvgIpc) is 3.06. The zero-order chi connectivity index (χ0) is 17.5. The van der Waals surface area contributed by atoms with Crippen molar-refractivity contribution < 1.29 is 14.7 Å². The fourth-order valence-corrected chi connectivity index (χ4v) is 3.35. The fraction of sp³-hybridized carbons (Fsp3) is 0.471. The van der Waals surface area contributed by atoms with Crippen LogP contribution in [0.3, 0.4) is 0 Å². The predicted octanol–water partition coefficient (Wildman–Crippen LogP) is 3.21. The highest BCUT2D eigenvalue weighted by Gasteiger charge is 2.32. The van der Waals surface area contributed by atoms with Crippen LogP contribution in [-0.4, -0.2) is 26.8 Å². The van der Waals surface area contributed by atoms with Gasteiger partial charge in [0.25, 0.3) is 5.91 Å². The Morgan fingerprint density at radius 3 is 2.62 bits per heavy atom. The zero-order valence-electron chi connectivity index (χ0n) is 14.0. The van der Waals surface area contributed by atoms with Gasteiger partial charge in [0.2, 0.25) is 0 Å². The second kappa shape index (κ2) is 6.05. The Labute approximate surface area is 144 Å². The van der Waals surface area contributed by atoms with Crippen LogP contribution in [0.1, 0.15) is 70.3 Å². The van der Waals surface area contributed by atoms with E-state index in [1.165, 1.54) is 11.3 Å². The summed E-state index contributed by atoms with van der Waals surface area (Å²) in [5.41, 5.74) is 1.37. The summed E-state index contributed by atoms with van der Waals surface area (Å²) in [5.74, 6) is -0.672. The number of aromatic carboxylic acids is 1. The number of rotatable bonds is 5. The summed E-state index contributed by atoms with van der Waals surface area (Å²) in [6.45, 7) is 6.53. The summed E-state index contributed by atoms with van der Waals surface area (Å²) < 4.78 is 1.95. The van der Waals surface area contributed by atoms with Crippen LogP contribution in [0.4, 0.5) is 0 Å². The Balaban J connectivity index is 1.71. The number of carbonyl (C=O) groups excluding carboxylic acids is 1. The number of carbonyl (C=O) groups is 2. The summed E-state index contributed by atoms with van der Waals surface area (Å²) in [5, 5.41) is 16.3. The molecule has 0 atom stereocenters. The van der Waals surface area contributed by atoms with Crippen molar-refractivity contribution >= 4 is 23.2 Å². The molecule has 1 fully saturated rings. The normalized spacial score (nSPS) is 14.6. The molecule has 1 amide bonds. The summed E-state index contributed by atoms with van der Waals surface area (Å²) in [6, 6.07) is 5.15. The molecular weight excluding hydrogens is 326 g/mol. The molecule has 128 valence electrons. The van der Waals surface area contributed by atoms with Crippen LogP contribution in [0, 0.1) is 0 Å². The van der Waals surface area contributed by atoms with E-state index in [0.29, 0.717) is 18.2 Å². The molecule has 0 unspecified atom stereocenters. The van der Waals surface area contributed by atoms with E-state index in [1.54, 1.807) is 12.1 Å². The maximum atomic E-state index is 12.4. The number of nitrogens with one attached hydrogen (secondary N) is 1. The van der Waals surface area contributed by atoms with E-state index in [0.717, 1.165) is 23.4 Å². The first-order valence-corrected chi connectivity index (χ1v) is 8.78. The molecule has 1 aliphatic carbocycles. The molecule has 2 heterocycles. The van der Waals surface area contributed by atoms with Crippen LogP contribution in [0.5, 0.6) is 0 Å². The topological polar surface area (TPSA) is 84.2 Å². The van der Waals surface area contributed by atoms with E-state index in [1.807, 2.05) is 10.7 Å². The highest BCUT2D eigenvalue weighted by atomic mass is 32.1. The molecular formula is C17H21N3O3S. The summed E-state index contributed by atoms with van der Waals surface area (Å²) >= 11 is 1.17. The largest absolute Gasteiger partial charge is 0.477 e. The van der Waals surface area contributed by atoms with Crippen molar-refractivity contribution in [1.29, 1.82) is 0 Å². The van der Waals surface area contributed by atoms with E-state index in [-0.39, 0.29) is 16.3 Å². The molecule has 1 saturated carbocycles. The van der Waals surface area contributed by atoms with Gasteiger partial charge in [-0.15, -0.1) is 11.3 Å². The SMILES string of the molecule is CC(C)(C)n1nc(C(=O)NCc2ccc(C(=O)O)s2)cc1C1CC1. The van der Waals surface area contributed by atoms with Gasteiger partial charge in [-0.25, -0.2) is 4.79 Å². The number of nitrogens with zero attached hydrogens (tertiary/aromatic N) is 2. The summed E-state index contributed by atoms with van der Waals surface area (Å²) in [6.07, 6.45) is 2.30. The quantitative estimate of drug-likeness (QED) is 0.870. The van der Waals surface area contributed by atoms with Gasteiger partial charge in [0.05, 0.1) is 12.1 Å². The van der Waals surface area contributed by atoms with E-state index in [4.69, 9.17) is 5.11 Å². The number of amides is 1. The predicted molar refractivity (Wildman–Crippen MR) is 91.6 cm³/mol. The van der Waals surface area contributed by atoms with Gasteiger partial charge in [0.15, 0.2) is 0 Å². The Hall–Kier alpha value is -2.15. The molecule has 2 N–H and O–H groups in total.